The SMILES string of the molecule is O=C(Cl)c1sc2cc(OCCc3ccccc3)ccc2c1Cl. The highest BCUT2D eigenvalue weighted by Crippen LogP contribution is 2.37. The van der Waals surface area contributed by atoms with E-state index < -0.39 is 5.24 Å². The largest absolute Gasteiger partial charge is 0.493 e. The van der Waals surface area contributed by atoms with E-state index in [4.69, 9.17) is 27.9 Å². The average Bonchev–Trinajstić information content (AvgIpc) is 2.85. The molecular formula is C17H12Cl2O2S. The van der Waals surface area contributed by atoms with Gasteiger partial charge in [0.2, 0.25) is 0 Å². The molecule has 5 heteroatoms. The van der Waals surface area contributed by atoms with E-state index >= 15 is 0 Å². The summed E-state index contributed by atoms with van der Waals surface area (Å²) in [7, 11) is 0. The third kappa shape index (κ3) is 3.27. The van der Waals surface area contributed by atoms with E-state index in [0.29, 0.717) is 16.5 Å². The number of carbonyl (C=O) groups is 1. The Kier molecular flexibility index (Phi) is 4.67. The van der Waals surface area contributed by atoms with Gasteiger partial charge in [-0.05, 0) is 35.4 Å². The van der Waals surface area contributed by atoms with Crippen molar-refractivity contribution in [2.45, 2.75) is 6.42 Å². The first-order valence-corrected chi connectivity index (χ1v) is 8.31. The molecule has 2 aromatic carbocycles. The first kappa shape index (κ1) is 15.3. The van der Waals surface area contributed by atoms with E-state index in [1.165, 1.54) is 16.9 Å². The van der Waals surface area contributed by atoms with E-state index in [1.807, 2.05) is 36.4 Å². The number of fused-ring (bicyclic) bond motifs is 1. The Balaban J connectivity index is 1.73. The van der Waals surface area contributed by atoms with Crippen LogP contribution >= 0.6 is 34.5 Å². The van der Waals surface area contributed by atoms with Crippen LogP contribution in [0.25, 0.3) is 10.1 Å². The fraction of sp³-hybridized carbons (Fsp3) is 0.118. The van der Waals surface area contributed by atoms with Crippen LogP contribution in [0.4, 0.5) is 0 Å². The third-order valence-corrected chi connectivity index (χ3v) is 5.24. The summed E-state index contributed by atoms with van der Waals surface area (Å²) < 4.78 is 6.67. The highest BCUT2D eigenvalue weighted by atomic mass is 35.5. The van der Waals surface area contributed by atoms with Gasteiger partial charge in [0.15, 0.2) is 0 Å². The van der Waals surface area contributed by atoms with Gasteiger partial charge in [-0.1, -0.05) is 41.9 Å². The van der Waals surface area contributed by atoms with Gasteiger partial charge in [-0.15, -0.1) is 11.3 Å². The summed E-state index contributed by atoms with van der Waals surface area (Å²) in [4.78, 5) is 11.7. The van der Waals surface area contributed by atoms with Crippen molar-refractivity contribution in [3.63, 3.8) is 0 Å². The molecule has 2 nitrogen and oxygen atoms in total. The molecule has 0 aliphatic rings. The molecular weight excluding hydrogens is 339 g/mol. The van der Waals surface area contributed by atoms with Crippen molar-refractivity contribution in [1.82, 2.24) is 0 Å². The van der Waals surface area contributed by atoms with Crippen molar-refractivity contribution in [3.8, 4) is 5.75 Å². The number of carbonyl (C=O) groups excluding carboxylic acids is 1. The van der Waals surface area contributed by atoms with Gasteiger partial charge in [0, 0.05) is 16.5 Å². The molecule has 0 unspecified atom stereocenters. The van der Waals surface area contributed by atoms with Gasteiger partial charge in [0.1, 0.15) is 10.6 Å². The zero-order valence-corrected chi connectivity index (χ0v) is 13.8. The van der Waals surface area contributed by atoms with Crippen LogP contribution in [0.2, 0.25) is 5.02 Å². The lowest BCUT2D eigenvalue weighted by molar-refractivity contribution is 0.108. The van der Waals surface area contributed by atoms with Gasteiger partial charge < -0.3 is 4.74 Å². The van der Waals surface area contributed by atoms with Gasteiger partial charge in [0.05, 0.1) is 11.6 Å². The van der Waals surface area contributed by atoms with Gasteiger partial charge in [-0.25, -0.2) is 0 Å². The molecule has 22 heavy (non-hydrogen) atoms. The Hall–Kier alpha value is -1.55. The summed E-state index contributed by atoms with van der Waals surface area (Å²) in [5.74, 6) is 0.759. The van der Waals surface area contributed by atoms with Crippen molar-refractivity contribution in [1.29, 1.82) is 0 Å². The minimum Gasteiger partial charge on any atom is -0.493 e. The topological polar surface area (TPSA) is 26.3 Å². The standard InChI is InChI=1S/C17H12Cl2O2S/c18-15-13-7-6-12(10-14(13)22-16(15)17(19)20)21-9-8-11-4-2-1-3-5-11/h1-7,10H,8-9H2. The Bertz CT molecular complexity index is 812. The maximum absolute atomic E-state index is 11.3. The van der Waals surface area contributed by atoms with Crippen LogP contribution in [0.3, 0.4) is 0 Å². The summed E-state index contributed by atoms with van der Waals surface area (Å²) >= 11 is 13.0. The van der Waals surface area contributed by atoms with Crippen LogP contribution in [0, 0.1) is 0 Å². The Morgan fingerprint density at radius 2 is 1.91 bits per heavy atom. The second-order valence-corrected chi connectivity index (χ2v) is 6.53. The second-order valence-electron chi connectivity index (χ2n) is 4.76. The van der Waals surface area contributed by atoms with Gasteiger partial charge in [-0.3, -0.25) is 4.79 Å². The number of rotatable bonds is 5. The molecule has 0 aliphatic heterocycles. The van der Waals surface area contributed by atoms with Crippen LogP contribution in [0.5, 0.6) is 5.75 Å². The van der Waals surface area contributed by atoms with E-state index in [1.54, 1.807) is 0 Å². The zero-order chi connectivity index (χ0) is 15.5. The molecule has 112 valence electrons. The Morgan fingerprint density at radius 3 is 2.64 bits per heavy atom. The Morgan fingerprint density at radius 1 is 1.14 bits per heavy atom. The lowest BCUT2D eigenvalue weighted by Gasteiger charge is -2.06. The van der Waals surface area contributed by atoms with Crippen molar-refractivity contribution in [3.05, 3.63) is 64.0 Å². The molecule has 0 fully saturated rings. The predicted molar refractivity (Wildman–Crippen MR) is 92.7 cm³/mol. The second kappa shape index (κ2) is 6.69. The van der Waals surface area contributed by atoms with Crippen LogP contribution in [-0.4, -0.2) is 11.8 Å². The molecule has 3 aromatic rings. The maximum atomic E-state index is 11.3. The molecule has 0 radical (unpaired) electrons. The van der Waals surface area contributed by atoms with Gasteiger partial charge in [-0.2, -0.15) is 0 Å². The molecule has 0 N–H and O–H groups in total. The zero-order valence-electron chi connectivity index (χ0n) is 11.5. The highest BCUT2D eigenvalue weighted by molar-refractivity contribution is 7.23. The number of ether oxygens (including phenoxy) is 1. The van der Waals surface area contributed by atoms with E-state index in [9.17, 15) is 4.79 Å². The fourth-order valence-corrected chi connectivity index (χ4v) is 3.83. The third-order valence-electron chi connectivity index (χ3n) is 3.28. The quantitative estimate of drug-likeness (QED) is 0.563. The summed E-state index contributed by atoms with van der Waals surface area (Å²) in [6.45, 7) is 0.593. The van der Waals surface area contributed by atoms with Crippen molar-refractivity contribution in [2.75, 3.05) is 6.61 Å². The predicted octanol–water partition coefficient (Wildman–Crippen LogP) is 5.56. The first-order valence-electron chi connectivity index (χ1n) is 6.74. The molecule has 0 aliphatic carbocycles. The minimum atomic E-state index is -0.530. The molecule has 0 amide bonds. The number of thiophene rings is 1. The van der Waals surface area contributed by atoms with Crippen LogP contribution in [0.1, 0.15) is 15.2 Å². The molecule has 1 aromatic heterocycles. The molecule has 3 rings (SSSR count). The first-order chi connectivity index (χ1) is 10.6. The minimum absolute atomic E-state index is 0.375. The smallest absolute Gasteiger partial charge is 0.263 e. The summed E-state index contributed by atoms with van der Waals surface area (Å²) in [5.41, 5.74) is 1.23. The van der Waals surface area contributed by atoms with E-state index in [-0.39, 0.29) is 0 Å². The Labute approximate surface area is 142 Å². The molecule has 1 heterocycles. The molecule has 0 saturated carbocycles. The maximum Gasteiger partial charge on any atom is 0.263 e. The summed E-state index contributed by atoms with van der Waals surface area (Å²) in [5, 5.41) is 0.708. The van der Waals surface area contributed by atoms with Gasteiger partial charge >= 0.3 is 0 Å². The number of benzene rings is 2. The highest BCUT2D eigenvalue weighted by Gasteiger charge is 2.15. The van der Waals surface area contributed by atoms with Crippen molar-refractivity contribution >= 4 is 49.9 Å². The van der Waals surface area contributed by atoms with Crippen molar-refractivity contribution < 1.29 is 9.53 Å². The van der Waals surface area contributed by atoms with Gasteiger partial charge in [0.25, 0.3) is 5.24 Å². The average molecular weight is 351 g/mol. The van der Waals surface area contributed by atoms with E-state index in [2.05, 4.69) is 12.1 Å². The van der Waals surface area contributed by atoms with Crippen molar-refractivity contribution in [2.24, 2.45) is 0 Å². The lowest BCUT2D eigenvalue weighted by Crippen LogP contribution is -2.00. The molecule has 0 saturated heterocycles. The van der Waals surface area contributed by atoms with Crippen LogP contribution in [0.15, 0.2) is 48.5 Å². The molecule has 0 bridgehead atoms. The summed E-state index contributed by atoms with van der Waals surface area (Å²) in [6.07, 6.45) is 0.843. The number of hydrogen-bond acceptors (Lipinski definition) is 3. The lowest BCUT2D eigenvalue weighted by atomic mass is 10.2. The molecule has 0 atom stereocenters. The van der Waals surface area contributed by atoms with Crippen LogP contribution in [-0.2, 0) is 6.42 Å². The summed E-state index contributed by atoms with van der Waals surface area (Å²) in [6, 6.07) is 15.8. The number of hydrogen-bond donors (Lipinski definition) is 0. The van der Waals surface area contributed by atoms with E-state index in [0.717, 1.165) is 22.3 Å². The molecule has 0 spiro atoms. The fourth-order valence-electron chi connectivity index (χ4n) is 2.19. The number of halogens is 2. The normalized spacial score (nSPS) is 10.8. The monoisotopic (exact) mass is 350 g/mol. The van der Waals surface area contributed by atoms with Crippen LogP contribution < -0.4 is 4.74 Å².